The maximum atomic E-state index is 7.45. The van der Waals surface area contributed by atoms with Crippen LogP contribution < -0.4 is 9.80 Å². The van der Waals surface area contributed by atoms with E-state index in [0.717, 1.165) is 61.6 Å². The largest absolute Gasteiger partial charge is 0.455 e. The number of furan rings is 1. The zero-order valence-corrected chi connectivity index (χ0v) is 46.9. The molecule has 3 heteroatoms. The molecule has 0 amide bonds. The normalized spacial score (nSPS) is 13.1. The third kappa shape index (κ3) is 7.70. The van der Waals surface area contributed by atoms with Crippen molar-refractivity contribution >= 4 is 56.1 Å². The Morgan fingerprint density at radius 2 is 0.800 bits per heavy atom. The summed E-state index contributed by atoms with van der Waals surface area (Å²) in [5.74, 6) is 0. The first-order valence-electron chi connectivity index (χ1n) is 28.2. The molecule has 12 aromatic rings. The molecule has 0 N–H and O–H groups in total. The number of hydrogen-bond donors (Lipinski definition) is 0. The number of fused-ring (bicyclic) bond motifs is 14. The van der Waals surface area contributed by atoms with E-state index in [4.69, 9.17) is 4.42 Å². The second kappa shape index (κ2) is 18.5. The van der Waals surface area contributed by atoms with Gasteiger partial charge in [-0.15, -0.1) is 0 Å². The minimum atomic E-state index is -0.732. The van der Waals surface area contributed by atoms with Crippen LogP contribution in [0.4, 0.5) is 34.1 Å². The third-order valence-electron chi connectivity index (χ3n) is 17.3. The molecular formula is C77H64N2O. The molecule has 0 bridgehead atoms. The molecule has 0 unspecified atom stereocenters. The van der Waals surface area contributed by atoms with Gasteiger partial charge in [0.25, 0.3) is 0 Å². The first-order valence-corrected chi connectivity index (χ1v) is 28.2. The van der Waals surface area contributed by atoms with Crippen LogP contribution in [0.25, 0.3) is 66.4 Å². The topological polar surface area (TPSA) is 19.6 Å². The van der Waals surface area contributed by atoms with Gasteiger partial charge in [0.15, 0.2) is 0 Å². The maximum absolute atomic E-state index is 7.45. The van der Waals surface area contributed by atoms with E-state index in [1.165, 1.54) is 83.5 Å². The van der Waals surface area contributed by atoms with E-state index in [1.807, 2.05) is 0 Å². The van der Waals surface area contributed by atoms with Crippen molar-refractivity contribution in [3.63, 3.8) is 0 Å². The quantitative estimate of drug-likeness (QED) is 0.151. The molecule has 3 nitrogen and oxygen atoms in total. The van der Waals surface area contributed by atoms with Gasteiger partial charge in [-0.05, 0) is 181 Å². The smallest absolute Gasteiger partial charge is 0.145 e. The number of rotatable bonds is 8. The molecule has 1 aromatic heterocycles. The lowest BCUT2D eigenvalue weighted by Gasteiger charge is -2.34. The fourth-order valence-corrected chi connectivity index (χ4v) is 13.2. The van der Waals surface area contributed by atoms with Crippen LogP contribution in [0.3, 0.4) is 0 Å². The van der Waals surface area contributed by atoms with Crippen LogP contribution in [-0.4, -0.2) is 0 Å². The summed E-state index contributed by atoms with van der Waals surface area (Å²) < 4.78 is 7.45. The van der Waals surface area contributed by atoms with Gasteiger partial charge in [0, 0.05) is 39.4 Å². The zero-order chi connectivity index (χ0) is 54.7. The van der Waals surface area contributed by atoms with E-state index in [-0.39, 0.29) is 10.8 Å². The standard InChI is InChI=1S/C77H64N2O/c1-49-31-37-57(45-64(49)51-21-11-9-12-22-51)78(55-39-33-53(34-40-55)75(3,4)5)59-43-44-62-68(47-59)77(66-28-18-15-25-60(66)61-26-16-19-29-67(61)77)69-48-70(73-63-27-17-20-30-71(63)80-74(73)72(62)69)79(56-41-35-54(36-42-56)76(6,7)8)58-38-32-50(2)65(46-58)52-23-13-10-14-24-52/h9-48H,1-8H3. The molecule has 11 aromatic carbocycles. The Kier molecular flexibility index (Phi) is 11.3. The lowest BCUT2D eigenvalue weighted by Crippen LogP contribution is -2.26. The summed E-state index contributed by atoms with van der Waals surface area (Å²) in [4.78, 5) is 4.97. The summed E-state index contributed by atoms with van der Waals surface area (Å²) in [6.07, 6.45) is 0. The third-order valence-corrected chi connectivity index (χ3v) is 17.3. The molecule has 0 radical (unpaired) electrons. The summed E-state index contributed by atoms with van der Waals surface area (Å²) in [6.45, 7) is 18.2. The average molecular weight is 1030 g/mol. The second-order valence-corrected chi connectivity index (χ2v) is 24.2. The van der Waals surface area contributed by atoms with Crippen LogP contribution in [0.1, 0.15) is 86.1 Å². The SMILES string of the molecule is Cc1ccc(N(c2ccc(C(C)(C)C)cc2)c2ccc3c(c2)C2(c4ccccc4-c4ccccc42)c2cc(N(c4ccc(C(C)(C)C)cc4)c4ccc(C)c(-c5ccccc5)c4)c4c(oc5ccccc54)c2-3)cc1-c1ccccc1. The molecule has 0 saturated heterocycles. The molecule has 14 rings (SSSR count). The van der Waals surface area contributed by atoms with Crippen LogP contribution in [0, 0.1) is 13.8 Å². The molecule has 388 valence electrons. The molecule has 0 aliphatic heterocycles. The van der Waals surface area contributed by atoms with E-state index in [2.05, 4.69) is 308 Å². The molecular weight excluding hydrogens is 969 g/mol. The van der Waals surface area contributed by atoms with Crippen LogP contribution in [0.5, 0.6) is 0 Å². The summed E-state index contributed by atoms with van der Waals surface area (Å²) in [7, 11) is 0. The Balaban J connectivity index is 1.08. The van der Waals surface area contributed by atoms with Crippen LogP contribution >= 0.6 is 0 Å². The number of anilines is 6. The van der Waals surface area contributed by atoms with Gasteiger partial charge in [-0.3, -0.25) is 0 Å². The van der Waals surface area contributed by atoms with Gasteiger partial charge in [0.05, 0.1) is 16.5 Å². The number of para-hydroxylation sites is 1. The van der Waals surface area contributed by atoms with Crippen molar-refractivity contribution in [1.29, 1.82) is 0 Å². The maximum Gasteiger partial charge on any atom is 0.145 e. The molecule has 0 fully saturated rings. The van der Waals surface area contributed by atoms with E-state index in [9.17, 15) is 0 Å². The van der Waals surface area contributed by atoms with Gasteiger partial charge in [-0.25, -0.2) is 0 Å². The van der Waals surface area contributed by atoms with Crippen LogP contribution in [-0.2, 0) is 16.2 Å². The first-order chi connectivity index (χ1) is 38.8. The van der Waals surface area contributed by atoms with Gasteiger partial charge in [-0.1, -0.05) is 211 Å². The fourth-order valence-electron chi connectivity index (χ4n) is 13.2. The predicted molar refractivity (Wildman–Crippen MR) is 337 cm³/mol. The summed E-state index contributed by atoms with van der Waals surface area (Å²) in [5.41, 5.74) is 27.1. The van der Waals surface area contributed by atoms with Crippen molar-refractivity contribution in [3.8, 4) is 44.5 Å². The highest BCUT2D eigenvalue weighted by molar-refractivity contribution is 6.20. The lowest BCUT2D eigenvalue weighted by atomic mass is 9.70. The summed E-state index contributed by atoms with van der Waals surface area (Å²) in [6, 6.07) is 90.7. The van der Waals surface area contributed by atoms with Crippen molar-refractivity contribution < 1.29 is 4.42 Å². The van der Waals surface area contributed by atoms with E-state index in [0.29, 0.717) is 0 Å². The van der Waals surface area contributed by atoms with E-state index >= 15 is 0 Å². The Labute approximate surface area is 471 Å². The minimum absolute atomic E-state index is 0.00137. The van der Waals surface area contributed by atoms with Crippen molar-refractivity contribution in [2.45, 2.75) is 71.6 Å². The van der Waals surface area contributed by atoms with Crippen LogP contribution in [0.2, 0.25) is 0 Å². The average Bonchev–Trinajstić information content (AvgIpc) is 4.17. The highest BCUT2D eigenvalue weighted by Crippen LogP contribution is 2.66. The minimum Gasteiger partial charge on any atom is -0.455 e. The molecule has 1 heterocycles. The number of aryl methyl sites for hydroxylation is 2. The monoisotopic (exact) mass is 1030 g/mol. The molecule has 1 spiro atoms. The van der Waals surface area contributed by atoms with Crippen molar-refractivity contribution in [2.75, 3.05) is 9.80 Å². The van der Waals surface area contributed by atoms with Crippen molar-refractivity contribution in [2.24, 2.45) is 0 Å². The summed E-state index contributed by atoms with van der Waals surface area (Å²) >= 11 is 0. The Hall–Kier alpha value is -9.18. The van der Waals surface area contributed by atoms with Gasteiger partial charge < -0.3 is 14.2 Å². The molecule has 2 aliphatic rings. The van der Waals surface area contributed by atoms with Gasteiger partial charge in [0.2, 0.25) is 0 Å². The highest BCUT2D eigenvalue weighted by atomic mass is 16.3. The Bertz CT molecular complexity index is 4330. The van der Waals surface area contributed by atoms with Gasteiger partial charge in [-0.2, -0.15) is 0 Å². The predicted octanol–water partition coefficient (Wildman–Crippen LogP) is 21.4. The lowest BCUT2D eigenvalue weighted by molar-refractivity contribution is 0.590. The van der Waals surface area contributed by atoms with Gasteiger partial charge in [0.1, 0.15) is 11.2 Å². The number of benzene rings is 11. The first kappa shape index (κ1) is 49.1. The molecule has 0 saturated carbocycles. The Morgan fingerprint density at radius 1 is 0.350 bits per heavy atom. The second-order valence-electron chi connectivity index (χ2n) is 24.2. The molecule has 2 aliphatic carbocycles. The van der Waals surface area contributed by atoms with Crippen molar-refractivity contribution in [3.05, 3.63) is 287 Å². The Morgan fingerprint density at radius 3 is 1.35 bits per heavy atom. The van der Waals surface area contributed by atoms with E-state index in [1.54, 1.807) is 0 Å². The number of nitrogens with zero attached hydrogens (tertiary/aromatic N) is 2. The highest BCUT2D eigenvalue weighted by Gasteiger charge is 2.53. The fraction of sp³-hybridized carbons (Fsp3) is 0.143. The zero-order valence-electron chi connectivity index (χ0n) is 46.9. The summed E-state index contributed by atoms with van der Waals surface area (Å²) in [5, 5.41) is 2.17. The molecule has 80 heavy (non-hydrogen) atoms. The van der Waals surface area contributed by atoms with Crippen molar-refractivity contribution in [1.82, 2.24) is 0 Å². The van der Waals surface area contributed by atoms with Crippen LogP contribution in [0.15, 0.2) is 247 Å². The van der Waals surface area contributed by atoms with E-state index < -0.39 is 5.41 Å². The number of hydrogen-bond acceptors (Lipinski definition) is 3. The van der Waals surface area contributed by atoms with Gasteiger partial charge >= 0.3 is 0 Å². The molecule has 0 atom stereocenters.